The third-order valence-electron chi connectivity index (χ3n) is 5.36. The molecule has 2 amide bonds. The summed E-state index contributed by atoms with van der Waals surface area (Å²) in [4.78, 5) is 29.4. The first-order valence-corrected chi connectivity index (χ1v) is 10.2. The summed E-state index contributed by atoms with van der Waals surface area (Å²) in [6, 6.07) is 12.7. The van der Waals surface area contributed by atoms with E-state index in [2.05, 4.69) is 15.3 Å². The monoisotopic (exact) mass is 420 g/mol. The molecule has 9 heteroatoms. The molecule has 1 aromatic carbocycles. The normalized spacial score (nSPS) is 13.9. The van der Waals surface area contributed by atoms with E-state index in [1.807, 2.05) is 37.3 Å². The lowest BCUT2D eigenvalue weighted by Crippen LogP contribution is -2.50. The smallest absolute Gasteiger partial charge is 0.257 e. The van der Waals surface area contributed by atoms with E-state index in [1.54, 1.807) is 32.8 Å². The van der Waals surface area contributed by atoms with Crippen LogP contribution in [-0.4, -0.2) is 74.9 Å². The molecular formula is C22H24N6O3. The van der Waals surface area contributed by atoms with Crippen LogP contribution in [0.15, 0.2) is 48.7 Å². The highest BCUT2D eigenvalue weighted by Gasteiger charge is 2.28. The number of amides is 2. The number of hydrogen-bond donors (Lipinski definition) is 0. The van der Waals surface area contributed by atoms with Gasteiger partial charge in [0.05, 0.1) is 24.6 Å². The fraction of sp³-hybridized carbons (Fsp3) is 0.318. The second-order valence-electron chi connectivity index (χ2n) is 7.15. The largest absolute Gasteiger partial charge is 0.480 e. The molecule has 0 unspecified atom stereocenters. The molecule has 1 saturated heterocycles. The molecular weight excluding hydrogens is 396 g/mol. The molecule has 0 saturated carbocycles. The number of carbonyl (C=O) groups is 2. The molecule has 1 aliphatic heterocycles. The van der Waals surface area contributed by atoms with Crippen molar-refractivity contribution in [2.45, 2.75) is 13.3 Å². The average molecular weight is 420 g/mol. The number of piperazine rings is 1. The van der Waals surface area contributed by atoms with Crippen molar-refractivity contribution >= 4 is 11.8 Å². The van der Waals surface area contributed by atoms with Gasteiger partial charge in [-0.1, -0.05) is 25.1 Å². The zero-order chi connectivity index (χ0) is 21.8. The molecule has 1 fully saturated rings. The maximum absolute atomic E-state index is 13.2. The van der Waals surface area contributed by atoms with Gasteiger partial charge in [0.25, 0.3) is 11.8 Å². The van der Waals surface area contributed by atoms with Gasteiger partial charge >= 0.3 is 0 Å². The van der Waals surface area contributed by atoms with E-state index in [4.69, 9.17) is 4.74 Å². The van der Waals surface area contributed by atoms with Gasteiger partial charge in [0.2, 0.25) is 5.88 Å². The average Bonchev–Trinajstić information content (AvgIpc) is 3.28. The van der Waals surface area contributed by atoms with E-state index < -0.39 is 0 Å². The molecule has 0 aliphatic carbocycles. The van der Waals surface area contributed by atoms with Crippen LogP contribution in [0, 0.1) is 0 Å². The first-order chi connectivity index (χ1) is 15.1. The van der Waals surface area contributed by atoms with E-state index in [0.29, 0.717) is 55.4 Å². The number of carbonyl (C=O) groups excluding carboxylic acids is 2. The molecule has 3 aromatic rings. The van der Waals surface area contributed by atoms with Crippen LogP contribution < -0.4 is 4.74 Å². The van der Waals surface area contributed by atoms with Crippen molar-refractivity contribution in [1.29, 1.82) is 0 Å². The SMILES string of the molecule is CCc1c(C(=O)N2CCN(C(=O)c3ccccc3)CC2)cnn1-c1ccc(OC)nn1. The van der Waals surface area contributed by atoms with Crippen molar-refractivity contribution in [2.75, 3.05) is 33.3 Å². The topological polar surface area (TPSA) is 93.5 Å². The number of aromatic nitrogens is 4. The van der Waals surface area contributed by atoms with Gasteiger partial charge in [-0.05, 0) is 24.6 Å². The first kappa shape index (κ1) is 20.5. The summed E-state index contributed by atoms with van der Waals surface area (Å²) < 4.78 is 6.68. The van der Waals surface area contributed by atoms with Crippen LogP contribution in [0.4, 0.5) is 0 Å². The number of ether oxygens (including phenoxy) is 1. The molecule has 9 nitrogen and oxygen atoms in total. The fourth-order valence-electron chi connectivity index (χ4n) is 3.67. The first-order valence-electron chi connectivity index (χ1n) is 10.2. The molecule has 3 heterocycles. The Bertz CT molecular complexity index is 1060. The van der Waals surface area contributed by atoms with Crippen LogP contribution >= 0.6 is 0 Å². The second kappa shape index (κ2) is 8.95. The third kappa shape index (κ3) is 4.11. The van der Waals surface area contributed by atoms with Crippen LogP contribution in [-0.2, 0) is 6.42 Å². The van der Waals surface area contributed by atoms with Crippen molar-refractivity contribution < 1.29 is 14.3 Å². The highest BCUT2D eigenvalue weighted by Crippen LogP contribution is 2.18. The van der Waals surface area contributed by atoms with Gasteiger partial charge in [-0.3, -0.25) is 9.59 Å². The van der Waals surface area contributed by atoms with Crippen molar-refractivity contribution in [1.82, 2.24) is 29.8 Å². The molecule has 2 aromatic heterocycles. The summed E-state index contributed by atoms with van der Waals surface area (Å²) in [7, 11) is 1.53. The van der Waals surface area contributed by atoms with Crippen LogP contribution in [0.1, 0.15) is 33.3 Å². The lowest BCUT2D eigenvalue weighted by molar-refractivity contribution is 0.0535. The summed E-state index contributed by atoms with van der Waals surface area (Å²) in [6.45, 7) is 3.93. The number of rotatable bonds is 5. The van der Waals surface area contributed by atoms with Crippen LogP contribution in [0.2, 0.25) is 0 Å². The minimum atomic E-state index is -0.0867. The van der Waals surface area contributed by atoms with Crippen LogP contribution in [0.3, 0.4) is 0 Å². The molecule has 0 bridgehead atoms. The molecule has 0 atom stereocenters. The van der Waals surface area contributed by atoms with Gasteiger partial charge < -0.3 is 14.5 Å². The molecule has 1 aliphatic rings. The molecule has 31 heavy (non-hydrogen) atoms. The van der Waals surface area contributed by atoms with Crippen molar-refractivity contribution in [3.63, 3.8) is 0 Å². The minimum absolute atomic E-state index is 0.00662. The Hall–Kier alpha value is -3.75. The maximum atomic E-state index is 13.2. The second-order valence-corrected chi connectivity index (χ2v) is 7.15. The predicted molar refractivity (Wildman–Crippen MR) is 113 cm³/mol. The lowest BCUT2D eigenvalue weighted by Gasteiger charge is -2.34. The van der Waals surface area contributed by atoms with Gasteiger partial charge in [-0.15, -0.1) is 10.2 Å². The Kier molecular flexibility index (Phi) is 5.92. The fourth-order valence-corrected chi connectivity index (χ4v) is 3.67. The van der Waals surface area contributed by atoms with Crippen molar-refractivity contribution in [3.05, 3.63) is 65.5 Å². The van der Waals surface area contributed by atoms with E-state index in [1.165, 1.54) is 7.11 Å². The van der Waals surface area contributed by atoms with Crippen molar-refractivity contribution in [2.24, 2.45) is 0 Å². The Morgan fingerprint density at radius 3 is 2.19 bits per heavy atom. The van der Waals surface area contributed by atoms with E-state index in [-0.39, 0.29) is 11.8 Å². The number of hydrogen-bond acceptors (Lipinski definition) is 6. The number of benzene rings is 1. The maximum Gasteiger partial charge on any atom is 0.257 e. The summed E-state index contributed by atoms with van der Waals surface area (Å²) >= 11 is 0. The highest BCUT2D eigenvalue weighted by molar-refractivity contribution is 5.96. The van der Waals surface area contributed by atoms with Gasteiger partial charge in [0.15, 0.2) is 5.82 Å². The van der Waals surface area contributed by atoms with E-state index >= 15 is 0 Å². The lowest BCUT2D eigenvalue weighted by atomic mass is 10.1. The van der Waals surface area contributed by atoms with Gasteiger partial charge in [-0.2, -0.15) is 5.10 Å². The van der Waals surface area contributed by atoms with Gasteiger partial charge in [-0.25, -0.2) is 4.68 Å². The van der Waals surface area contributed by atoms with E-state index in [0.717, 1.165) is 5.69 Å². The zero-order valence-corrected chi connectivity index (χ0v) is 17.6. The summed E-state index contributed by atoms with van der Waals surface area (Å²) in [5, 5.41) is 12.5. The summed E-state index contributed by atoms with van der Waals surface area (Å²) in [5.74, 6) is 0.840. The predicted octanol–water partition coefficient (Wildman–Crippen LogP) is 1.83. The molecule has 0 N–H and O–H groups in total. The Morgan fingerprint density at radius 2 is 1.61 bits per heavy atom. The molecule has 4 rings (SSSR count). The summed E-state index contributed by atoms with van der Waals surface area (Å²) in [6.07, 6.45) is 2.19. The van der Waals surface area contributed by atoms with Gasteiger partial charge in [0.1, 0.15) is 0 Å². The highest BCUT2D eigenvalue weighted by atomic mass is 16.5. The van der Waals surface area contributed by atoms with Crippen molar-refractivity contribution in [3.8, 4) is 11.7 Å². The van der Waals surface area contributed by atoms with Crippen LogP contribution in [0.5, 0.6) is 5.88 Å². The number of nitrogens with zero attached hydrogens (tertiary/aromatic N) is 6. The van der Waals surface area contributed by atoms with Crippen LogP contribution in [0.25, 0.3) is 5.82 Å². The Morgan fingerprint density at radius 1 is 0.935 bits per heavy atom. The third-order valence-corrected chi connectivity index (χ3v) is 5.36. The zero-order valence-electron chi connectivity index (χ0n) is 17.6. The van der Waals surface area contributed by atoms with E-state index in [9.17, 15) is 9.59 Å². The minimum Gasteiger partial charge on any atom is -0.480 e. The molecule has 160 valence electrons. The van der Waals surface area contributed by atoms with Gasteiger partial charge in [0, 0.05) is 37.8 Å². The Labute approximate surface area is 180 Å². The molecule has 0 radical (unpaired) electrons. The quantitative estimate of drug-likeness (QED) is 0.625. The standard InChI is InChI=1S/C22H24N6O3/c1-3-18-17(15-23-28(18)19-9-10-20(31-2)25-24-19)22(30)27-13-11-26(12-14-27)21(29)16-7-5-4-6-8-16/h4-10,15H,3,11-14H2,1-2H3. The molecule has 0 spiro atoms. The Balaban J connectivity index is 1.46. The summed E-state index contributed by atoms with van der Waals surface area (Å²) in [5.41, 5.74) is 1.98. The number of methoxy groups -OCH3 is 1.